The van der Waals surface area contributed by atoms with E-state index in [0.29, 0.717) is 5.75 Å². The topological polar surface area (TPSA) is 21.3 Å². The molecule has 1 atom stereocenters. The van der Waals surface area contributed by atoms with E-state index < -0.39 is 0 Å². The molecule has 1 aromatic heterocycles. The minimum absolute atomic E-state index is 0.106. The van der Waals surface area contributed by atoms with Crippen LogP contribution in [0, 0.1) is 5.82 Å². The van der Waals surface area contributed by atoms with Crippen LogP contribution in [0.3, 0.4) is 0 Å². The zero-order valence-electron chi connectivity index (χ0n) is 10.1. The molecule has 0 amide bonds. The zero-order chi connectivity index (χ0) is 12.5. The Morgan fingerprint density at radius 3 is 3.06 bits per heavy atom. The lowest BCUT2D eigenvalue weighted by molar-refractivity contribution is 0.385. The number of ether oxygens (including phenoxy) is 1. The van der Waals surface area contributed by atoms with Crippen LogP contribution in [0.15, 0.2) is 29.6 Å². The molecule has 2 heterocycles. The van der Waals surface area contributed by atoms with E-state index in [0.717, 1.165) is 18.5 Å². The summed E-state index contributed by atoms with van der Waals surface area (Å²) in [6, 6.07) is 7.44. The molecule has 0 saturated heterocycles. The number of halogens is 1. The molecule has 0 aliphatic carbocycles. The molecule has 1 unspecified atom stereocenters. The van der Waals surface area contributed by atoms with Crippen molar-refractivity contribution in [1.29, 1.82) is 0 Å². The maximum atomic E-state index is 13.8. The molecule has 0 fully saturated rings. The number of thiophene rings is 1. The molecule has 1 aliphatic rings. The fourth-order valence-corrected chi connectivity index (χ4v) is 3.44. The van der Waals surface area contributed by atoms with Crippen LogP contribution in [0.1, 0.15) is 22.0 Å². The largest absolute Gasteiger partial charge is 0.494 e. The molecule has 2 nitrogen and oxygen atoms in total. The van der Waals surface area contributed by atoms with Gasteiger partial charge >= 0.3 is 0 Å². The average molecular weight is 263 g/mol. The van der Waals surface area contributed by atoms with E-state index in [9.17, 15) is 4.39 Å². The molecule has 3 rings (SSSR count). The highest BCUT2D eigenvalue weighted by Crippen LogP contribution is 2.34. The molecular weight excluding hydrogens is 249 g/mol. The maximum Gasteiger partial charge on any atom is 0.165 e. The van der Waals surface area contributed by atoms with E-state index in [1.165, 1.54) is 17.6 Å². The van der Waals surface area contributed by atoms with E-state index >= 15 is 0 Å². The smallest absolute Gasteiger partial charge is 0.165 e. The second-order valence-electron chi connectivity index (χ2n) is 4.34. The van der Waals surface area contributed by atoms with Gasteiger partial charge in [0.25, 0.3) is 0 Å². The van der Waals surface area contributed by atoms with Crippen LogP contribution in [0.25, 0.3) is 0 Å². The summed E-state index contributed by atoms with van der Waals surface area (Å²) in [5.74, 6) is -0.0126. The van der Waals surface area contributed by atoms with Gasteiger partial charge in [0.15, 0.2) is 11.6 Å². The maximum absolute atomic E-state index is 13.8. The summed E-state index contributed by atoms with van der Waals surface area (Å²) < 4.78 is 18.7. The summed E-state index contributed by atoms with van der Waals surface area (Å²) in [5, 5.41) is 5.55. The Morgan fingerprint density at radius 2 is 2.28 bits per heavy atom. The van der Waals surface area contributed by atoms with Crippen LogP contribution in [-0.2, 0) is 6.42 Å². The second-order valence-corrected chi connectivity index (χ2v) is 5.29. The van der Waals surface area contributed by atoms with E-state index in [4.69, 9.17) is 4.74 Å². The molecule has 94 valence electrons. The summed E-state index contributed by atoms with van der Waals surface area (Å²) in [5.41, 5.74) is 2.33. The van der Waals surface area contributed by atoms with Crippen molar-refractivity contribution in [3.05, 3.63) is 51.5 Å². The number of nitrogens with one attached hydrogen (secondary N) is 1. The molecule has 4 heteroatoms. The highest BCUT2D eigenvalue weighted by Gasteiger charge is 2.23. The van der Waals surface area contributed by atoms with Crippen molar-refractivity contribution in [2.75, 3.05) is 13.7 Å². The van der Waals surface area contributed by atoms with Gasteiger partial charge in [-0.05, 0) is 41.1 Å². The summed E-state index contributed by atoms with van der Waals surface area (Å²) >= 11 is 1.73. The van der Waals surface area contributed by atoms with Gasteiger partial charge in [0.05, 0.1) is 13.2 Å². The van der Waals surface area contributed by atoms with Gasteiger partial charge in [0, 0.05) is 11.4 Å². The second kappa shape index (κ2) is 4.71. The molecule has 2 aromatic rings. The van der Waals surface area contributed by atoms with Gasteiger partial charge < -0.3 is 10.1 Å². The third kappa shape index (κ3) is 1.91. The summed E-state index contributed by atoms with van der Waals surface area (Å²) in [4.78, 5) is 1.30. The number of benzene rings is 1. The van der Waals surface area contributed by atoms with Crippen molar-refractivity contribution in [2.45, 2.75) is 12.5 Å². The quantitative estimate of drug-likeness (QED) is 0.898. The van der Waals surface area contributed by atoms with E-state index in [1.54, 1.807) is 23.5 Å². The van der Waals surface area contributed by atoms with Crippen LogP contribution < -0.4 is 10.1 Å². The summed E-state index contributed by atoms with van der Waals surface area (Å²) in [6.45, 7) is 0.933. The third-order valence-corrected chi connectivity index (χ3v) is 4.32. The SMILES string of the molecule is COc1ccc(C2NCCc3ccsc32)cc1F. The van der Waals surface area contributed by atoms with Crippen molar-refractivity contribution in [2.24, 2.45) is 0 Å². The zero-order valence-corrected chi connectivity index (χ0v) is 10.9. The Bertz CT molecular complexity index is 567. The van der Waals surface area contributed by atoms with Gasteiger partial charge in [0.1, 0.15) is 0 Å². The van der Waals surface area contributed by atoms with Crippen molar-refractivity contribution in [3.63, 3.8) is 0 Å². The molecule has 0 radical (unpaired) electrons. The number of rotatable bonds is 2. The number of methoxy groups -OCH3 is 1. The molecule has 0 spiro atoms. The van der Waals surface area contributed by atoms with Gasteiger partial charge in [-0.2, -0.15) is 0 Å². The standard InChI is InChI=1S/C14H14FNOS/c1-17-12-3-2-10(8-11(12)15)13-14-9(4-6-16-13)5-7-18-14/h2-3,5,7-8,13,16H,4,6H2,1H3. The number of hydrogen-bond donors (Lipinski definition) is 1. The Kier molecular flexibility index (Phi) is 3.06. The first kappa shape index (κ1) is 11.7. The van der Waals surface area contributed by atoms with Crippen LogP contribution in [0.4, 0.5) is 4.39 Å². The third-order valence-electron chi connectivity index (χ3n) is 3.29. The minimum atomic E-state index is -0.305. The van der Waals surface area contributed by atoms with Crippen molar-refractivity contribution in [3.8, 4) is 5.75 Å². The monoisotopic (exact) mass is 263 g/mol. The summed E-state index contributed by atoms with van der Waals surface area (Å²) in [6.07, 6.45) is 1.05. The van der Waals surface area contributed by atoms with Gasteiger partial charge in [-0.1, -0.05) is 6.07 Å². The minimum Gasteiger partial charge on any atom is -0.494 e. The Balaban J connectivity index is 2.00. The van der Waals surface area contributed by atoms with E-state index in [2.05, 4.69) is 16.8 Å². The van der Waals surface area contributed by atoms with Crippen molar-refractivity contribution < 1.29 is 9.13 Å². The molecule has 0 saturated carbocycles. The lowest BCUT2D eigenvalue weighted by Gasteiger charge is -2.24. The van der Waals surface area contributed by atoms with Gasteiger partial charge in [-0.25, -0.2) is 4.39 Å². The number of hydrogen-bond acceptors (Lipinski definition) is 3. The van der Waals surface area contributed by atoms with E-state index in [1.807, 2.05) is 6.07 Å². The van der Waals surface area contributed by atoms with E-state index in [-0.39, 0.29) is 11.9 Å². The lowest BCUT2D eigenvalue weighted by atomic mass is 9.97. The Morgan fingerprint density at radius 1 is 1.39 bits per heavy atom. The molecule has 0 bridgehead atoms. The van der Waals surface area contributed by atoms with Crippen molar-refractivity contribution in [1.82, 2.24) is 5.32 Å². The average Bonchev–Trinajstić information content (AvgIpc) is 2.86. The molecule has 1 N–H and O–H groups in total. The molecular formula is C14H14FNOS. The molecule has 18 heavy (non-hydrogen) atoms. The molecule has 1 aromatic carbocycles. The van der Waals surface area contributed by atoms with Gasteiger partial charge in [0.2, 0.25) is 0 Å². The van der Waals surface area contributed by atoms with Gasteiger partial charge in [-0.15, -0.1) is 11.3 Å². The first-order valence-electron chi connectivity index (χ1n) is 5.92. The van der Waals surface area contributed by atoms with Crippen LogP contribution >= 0.6 is 11.3 Å². The predicted octanol–water partition coefficient (Wildman–Crippen LogP) is 3.13. The van der Waals surface area contributed by atoms with Gasteiger partial charge in [-0.3, -0.25) is 0 Å². The number of fused-ring (bicyclic) bond motifs is 1. The summed E-state index contributed by atoms with van der Waals surface area (Å²) in [7, 11) is 1.48. The van der Waals surface area contributed by atoms with Crippen LogP contribution in [-0.4, -0.2) is 13.7 Å². The normalized spacial score (nSPS) is 18.4. The molecule has 1 aliphatic heterocycles. The first-order chi connectivity index (χ1) is 8.79. The Hall–Kier alpha value is -1.39. The highest BCUT2D eigenvalue weighted by molar-refractivity contribution is 7.10. The van der Waals surface area contributed by atoms with Crippen LogP contribution in [0.5, 0.6) is 5.75 Å². The fraction of sp³-hybridized carbons (Fsp3) is 0.286. The predicted molar refractivity (Wildman–Crippen MR) is 70.8 cm³/mol. The Labute approximate surface area is 109 Å². The highest BCUT2D eigenvalue weighted by atomic mass is 32.1. The first-order valence-corrected chi connectivity index (χ1v) is 6.80. The lowest BCUT2D eigenvalue weighted by Crippen LogP contribution is -2.29. The van der Waals surface area contributed by atoms with Crippen LogP contribution in [0.2, 0.25) is 0 Å². The van der Waals surface area contributed by atoms with Crippen molar-refractivity contribution >= 4 is 11.3 Å². The fourth-order valence-electron chi connectivity index (χ4n) is 2.38.